The first-order valence-corrected chi connectivity index (χ1v) is 17.9. The third kappa shape index (κ3) is 12.4. The van der Waals surface area contributed by atoms with Crippen LogP contribution in [0.5, 0.6) is 0 Å². The second-order valence-electron chi connectivity index (χ2n) is 11.5. The number of carbonyl (C=O) groups is 5. The van der Waals surface area contributed by atoms with Crippen molar-refractivity contribution in [1.82, 2.24) is 5.32 Å². The van der Waals surface area contributed by atoms with E-state index in [2.05, 4.69) is 5.32 Å². The highest BCUT2D eigenvalue weighted by Crippen LogP contribution is 2.32. The largest absolute Gasteiger partial charge is 0.465 e. The molecule has 0 radical (unpaired) electrons. The van der Waals surface area contributed by atoms with Crippen LogP contribution in [0, 0.1) is 0 Å². The Balaban J connectivity index is 0.00000253. The molecule has 2 aromatic rings. The maximum atomic E-state index is 13.5. The fourth-order valence-electron chi connectivity index (χ4n) is 5.67. The Bertz CT molecular complexity index is 1810. The van der Waals surface area contributed by atoms with Crippen LogP contribution in [0.1, 0.15) is 74.9 Å². The summed E-state index contributed by atoms with van der Waals surface area (Å²) < 4.78 is 52.0. The molecule has 1 amide bonds. The number of hydrogen-bond donors (Lipinski definition) is 1. The smallest absolute Gasteiger partial charge is 0.328 e. The van der Waals surface area contributed by atoms with Crippen molar-refractivity contribution in [2.24, 2.45) is 0 Å². The van der Waals surface area contributed by atoms with Gasteiger partial charge >= 0.3 is 17.9 Å². The van der Waals surface area contributed by atoms with Crippen LogP contribution in [0.2, 0.25) is 0 Å². The van der Waals surface area contributed by atoms with Crippen molar-refractivity contribution in [1.29, 1.82) is 0 Å². The number of esters is 3. The Morgan fingerprint density at radius 2 is 1.45 bits per heavy atom. The van der Waals surface area contributed by atoms with Crippen LogP contribution in [0.3, 0.4) is 0 Å². The highest BCUT2D eigenvalue weighted by molar-refractivity contribution is 6.06. The van der Waals surface area contributed by atoms with E-state index in [1.54, 1.807) is 98.8 Å². The second kappa shape index (κ2) is 23.8. The van der Waals surface area contributed by atoms with Crippen LogP contribution in [-0.2, 0) is 38.8 Å². The van der Waals surface area contributed by atoms with E-state index in [1.807, 2.05) is 13.8 Å². The van der Waals surface area contributed by atoms with Crippen molar-refractivity contribution >= 4 is 35.7 Å². The van der Waals surface area contributed by atoms with Gasteiger partial charge in [-0.05, 0) is 60.3 Å². The summed E-state index contributed by atoms with van der Waals surface area (Å²) in [5, 5.41) is 2.80. The SMILES string of the molecule is CC.CCOC(=O)C(CCOC(=O)CC1=CC(C=O)=C(NC(=O)c2ccccc2C2=CC=C(C(F)F)CC=C2)CC=C1)(C(=O)OCC)c1ccccc1.CF. The lowest BCUT2D eigenvalue weighted by Crippen LogP contribution is -2.47. The fraction of sp³-hybridized carbons (Fsp3) is 0.326. The Hall–Kier alpha value is -5.78. The molecule has 2 aliphatic carbocycles. The first-order valence-electron chi connectivity index (χ1n) is 17.9. The Morgan fingerprint density at radius 1 is 0.836 bits per heavy atom. The minimum Gasteiger partial charge on any atom is -0.465 e. The van der Waals surface area contributed by atoms with E-state index in [4.69, 9.17) is 14.2 Å². The molecule has 0 saturated heterocycles. The van der Waals surface area contributed by atoms with Crippen molar-refractivity contribution in [3.05, 3.63) is 136 Å². The van der Waals surface area contributed by atoms with Crippen LogP contribution in [-0.4, -0.2) is 63.5 Å². The van der Waals surface area contributed by atoms with Gasteiger partial charge < -0.3 is 19.5 Å². The van der Waals surface area contributed by atoms with E-state index in [0.29, 0.717) is 41.4 Å². The number of aldehydes is 1. The summed E-state index contributed by atoms with van der Waals surface area (Å²) in [6.07, 6.45) is 8.75. The van der Waals surface area contributed by atoms with Gasteiger partial charge in [-0.1, -0.05) is 98.8 Å². The quantitative estimate of drug-likeness (QED) is 0.0832. The molecule has 9 nitrogen and oxygen atoms in total. The number of alkyl halides is 3. The summed E-state index contributed by atoms with van der Waals surface area (Å²) in [5.41, 5.74) is 0.684. The Labute approximate surface area is 320 Å². The van der Waals surface area contributed by atoms with Crippen molar-refractivity contribution in [2.75, 3.05) is 27.0 Å². The van der Waals surface area contributed by atoms with Gasteiger partial charge in [-0.2, -0.15) is 0 Å². The first kappa shape index (κ1) is 45.4. The number of nitrogens with one attached hydrogen (secondary N) is 1. The predicted molar refractivity (Wildman–Crippen MR) is 205 cm³/mol. The monoisotopic (exact) mass is 763 g/mol. The molecule has 0 saturated carbocycles. The van der Waals surface area contributed by atoms with Gasteiger partial charge in [0.05, 0.1) is 33.4 Å². The van der Waals surface area contributed by atoms with Crippen molar-refractivity contribution < 1.29 is 51.4 Å². The third-order valence-corrected chi connectivity index (χ3v) is 8.23. The fourth-order valence-corrected chi connectivity index (χ4v) is 5.67. The van der Waals surface area contributed by atoms with E-state index in [9.17, 15) is 37.1 Å². The molecule has 0 bridgehead atoms. The Kier molecular flexibility index (Phi) is 19.6. The van der Waals surface area contributed by atoms with E-state index in [1.165, 1.54) is 12.2 Å². The Morgan fingerprint density at radius 3 is 2.07 bits per heavy atom. The van der Waals surface area contributed by atoms with E-state index < -0.39 is 35.7 Å². The lowest BCUT2D eigenvalue weighted by Gasteiger charge is -2.29. The first-order chi connectivity index (χ1) is 26.6. The van der Waals surface area contributed by atoms with E-state index >= 15 is 0 Å². The van der Waals surface area contributed by atoms with Gasteiger partial charge in [0.25, 0.3) is 12.3 Å². The summed E-state index contributed by atoms with van der Waals surface area (Å²) in [4.78, 5) is 65.2. The van der Waals surface area contributed by atoms with Crippen LogP contribution in [0.15, 0.2) is 120 Å². The molecular formula is C43H48F3NO8. The molecule has 0 aromatic heterocycles. The number of hydrogen-bond acceptors (Lipinski definition) is 8. The molecule has 2 aromatic carbocycles. The average molecular weight is 764 g/mol. The summed E-state index contributed by atoms with van der Waals surface area (Å²) in [5.74, 6) is -2.83. The molecule has 55 heavy (non-hydrogen) atoms. The summed E-state index contributed by atoms with van der Waals surface area (Å²) >= 11 is 0. The van der Waals surface area contributed by atoms with Gasteiger partial charge in [0.1, 0.15) is 0 Å². The lowest BCUT2D eigenvalue weighted by molar-refractivity contribution is -0.167. The molecule has 294 valence electrons. The van der Waals surface area contributed by atoms with Gasteiger partial charge in [0, 0.05) is 29.7 Å². The third-order valence-electron chi connectivity index (χ3n) is 8.23. The molecule has 2 aliphatic rings. The number of rotatable bonds is 15. The average Bonchev–Trinajstić information content (AvgIpc) is 3.57. The molecule has 0 fully saturated rings. The minimum atomic E-state index is -2.59. The van der Waals surface area contributed by atoms with Crippen LogP contribution >= 0.6 is 0 Å². The van der Waals surface area contributed by atoms with Gasteiger partial charge in [0.2, 0.25) is 0 Å². The minimum absolute atomic E-state index is 0.0198. The van der Waals surface area contributed by atoms with Crippen molar-refractivity contribution in [3.63, 3.8) is 0 Å². The maximum absolute atomic E-state index is 13.5. The number of carbonyl (C=O) groups excluding carboxylic acids is 5. The molecular weight excluding hydrogens is 715 g/mol. The zero-order chi connectivity index (χ0) is 40.8. The molecule has 12 heteroatoms. The van der Waals surface area contributed by atoms with Crippen LogP contribution < -0.4 is 5.32 Å². The standard InChI is InChI=1S/C40H39F2NO8.C2H6.CH3F/c1-3-49-38(47)40(39(48)50-4-2,31-15-6-5-7-16-31)22-23-51-35(45)25-27-12-10-19-34(30(24-27)26-44)43-37(46)33-18-9-8-17-32(33)28-13-11-14-29(21-20-28)36(41)42;2*1-2/h5-13,15-18,20-21,24,26,36H,3-4,14,19,22-23,25H2,1-2H3,(H,43,46);1-2H3;1H3. The molecule has 1 N–H and O–H groups in total. The topological polar surface area (TPSA) is 125 Å². The van der Waals surface area contributed by atoms with E-state index in [-0.39, 0.29) is 62.2 Å². The molecule has 0 spiro atoms. The molecule has 0 unspecified atom stereocenters. The number of amides is 1. The molecule has 0 aliphatic heterocycles. The molecule has 0 atom stereocenters. The zero-order valence-corrected chi connectivity index (χ0v) is 31.7. The normalized spacial score (nSPS) is 13.6. The van der Waals surface area contributed by atoms with Gasteiger partial charge in [-0.25, -0.2) is 8.78 Å². The van der Waals surface area contributed by atoms with Gasteiger partial charge in [-0.15, -0.1) is 0 Å². The van der Waals surface area contributed by atoms with Gasteiger partial charge in [-0.3, -0.25) is 28.4 Å². The summed E-state index contributed by atoms with van der Waals surface area (Å²) in [7, 11) is 0.500. The van der Waals surface area contributed by atoms with Crippen molar-refractivity contribution in [3.8, 4) is 0 Å². The van der Waals surface area contributed by atoms with E-state index in [0.717, 1.165) is 0 Å². The number of benzene rings is 2. The molecule has 4 rings (SSSR count). The summed E-state index contributed by atoms with van der Waals surface area (Å²) in [6, 6.07) is 15.0. The van der Waals surface area contributed by atoms with Crippen LogP contribution in [0.4, 0.5) is 13.2 Å². The highest BCUT2D eigenvalue weighted by Gasteiger charge is 2.50. The maximum Gasteiger partial charge on any atom is 0.328 e. The van der Waals surface area contributed by atoms with Gasteiger partial charge in [0.15, 0.2) is 11.7 Å². The second-order valence-corrected chi connectivity index (χ2v) is 11.5. The number of allylic oxidation sites excluding steroid dienone is 10. The zero-order valence-electron chi connectivity index (χ0n) is 31.7. The van der Waals surface area contributed by atoms with Crippen molar-refractivity contribution in [2.45, 2.75) is 65.2 Å². The predicted octanol–water partition coefficient (Wildman–Crippen LogP) is 8.29. The lowest BCUT2D eigenvalue weighted by atomic mass is 9.77. The highest BCUT2D eigenvalue weighted by atomic mass is 19.3. The number of halogens is 3. The number of ether oxygens (including phenoxy) is 3. The summed E-state index contributed by atoms with van der Waals surface area (Å²) in [6.45, 7) is 6.96. The molecule has 0 heterocycles. The van der Waals surface area contributed by atoms with Crippen LogP contribution in [0.25, 0.3) is 5.57 Å².